The summed E-state index contributed by atoms with van der Waals surface area (Å²) in [5.74, 6) is 0. The molecule has 2 N–H and O–H groups in total. The van der Waals surface area contributed by atoms with Gasteiger partial charge in [0, 0.05) is 14.1 Å². The molecule has 0 saturated heterocycles. The minimum atomic E-state index is 0.733. The van der Waals surface area contributed by atoms with Crippen LogP contribution in [0.1, 0.15) is 0 Å². The molecule has 60 valence electrons. The van der Waals surface area contributed by atoms with Crippen molar-refractivity contribution in [2.45, 2.75) is 0 Å². The lowest BCUT2D eigenvalue weighted by atomic mass is 10.3. The summed E-state index contributed by atoms with van der Waals surface area (Å²) in [5.41, 5.74) is 7.38. The van der Waals surface area contributed by atoms with Gasteiger partial charge in [-0.25, -0.2) is 4.98 Å². The minimum absolute atomic E-state index is 0.733. The third-order valence-corrected chi connectivity index (χ3v) is 1.80. The lowest BCUT2D eigenvalue weighted by Crippen LogP contribution is -2.11. The Morgan fingerprint density at radius 3 is 2.64 bits per heavy atom. The fraction of sp³-hybridized carbons (Fsp3) is 0.286. The van der Waals surface area contributed by atoms with Crippen LogP contribution in [0, 0.1) is 0 Å². The summed E-state index contributed by atoms with van der Waals surface area (Å²) in [5, 5.41) is 0. The van der Waals surface area contributed by atoms with E-state index in [-0.39, 0.29) is 0 Å². The van der Waals surface area contributed by atoms with Crippen LogP contribution in [0.3, 0.4) is 0 Å². The number of anilines is 2. The minimum Gasteiger partial charge on any atom is -0.397 e. The second-order valence-corrected chi connectivity index (χ2v) is 3.27. The number of nitrogens with zero attached hydrogens (tertiary/aromatic N) is 2. The molecule has 0 atom stereocenters. The Morgan fingerprint density at radius 2 is 2.18 bits per heavy atom. The highest BCUT2D eigenvalue weighted by molar-refractivity contribution is 9.10. The average molecular weight is 216 g/mol. The molecule has 0 saturated carbocycles. The Bertz CT molecular complexity index is 260. The summed E-state index contributed by atoms with van der Waals surface area (Å²) in [6.45, 7) is 0. The average Bonchev–Trinajstić information content (AvgIpc) is 1.85. The smallest absolute Gasteiger partial charge is 0.108 e. The zero-order valence-electron chi connectivity index (χ0n) is 6.50. The van der Waals surface area contributed by atoms with E-state index >= 15 is 0 Å². The van der Waals surface area contributed by atoms with Gasteiger partial charge in [-0.2, -0.15) is 0 Å². The van der Waals surface area contributed by atoms with E-state index in [1.165, 1.54) is 0 Å². The molecule has 1 rings (SSSR count). The second kappa shape index (κ2) is 3.09. The normalized spacial score (nSPS) is 9.73. The van der Waals surface area contributed by atoms with Gasteiger partial charge >= 0.3 is 0 Å². The van der Waals surface area contributed by atoms with Gasteiger partial charge < -0.3 is 10.6 Å². The largest absolute Gasteiger partial charge is 0.397 e. The van der Waals surface area contributed by atoms with Crippen LogP contribution in [0.25, 0.3) is 0 Å². The Hall–Kier alpha value is -0.770. The molecule has 4 heteroatoms. The van der Waals surface area contributed by atoms with Crippen LogP contribution in [0.5, 0.6) is 0 Å². The van der Waals surface area contributed by atoms with E-state index in [1.807, 2.05) is 19.0 Å². The molecule has 0 aliphatic rings. The van der Waals surface area contributed by atoms with Crippen molar-refractivity contribution in [2.75, 3.05) is 24.7 Å². The highest BCUT2D eigenvalue weighted by atomic mass is 79.9. The number of halogens is 1. The molecule has 1 heterocycles. The lowest BCUT2D eigenvalue weighted by molar-refractivity contribution is 1.11. The fourth-order valence-electron chi connectivity index (χ4n) is 0.811. The first kappa shape index (κ1) is 8.33. The maximum absolute atomic E-state index is 5.71. The third-order valence-electron chi connectivity index (χ3n) is 1.36. The summed E-state index contributed by atoms with van der Waals surface area (Å²) in [7, 11) is 3.86. The molecule has 0 aliphatic heterocycles. The maximum Gasteiger partial charge on any atom is 0.108 e. The zero-order valence-corrected chi connectivity index (χ0v) is 8.09. The first-order valence-electron chi connectivity index (χ1n) is 3.19. The summed E-state index contributed by atoms with van der Waals surface area (Å²) in [6.07, 6.45) is 1.74. The van der Waals surface area contributed by atoms with Crippen molar-refractivity contribution in [3.05, 3.63) is 16.9 Å². The van der Waals surface area contributed by atoms with Crippen molar-refractivity contribution >= 4 is 27.3 Å². The van der Waals surface area contributed by atoms with E-state index in [4.69, 9.17) is 5.73 Å². The molecule has 3 nitrogen and oxygen atoms in total. The van der Waals surface area contributed by atoms with Gasteiger partial charge in [0.25, 0.3) is 0 Å². The van der Waals surface area contributed by atoms with Gasteiger partial charge in [0.2, 0.25) is 0 Å². The maximum atomic E-state index is 5.71. The Labute approximate surface area is 74.3 Å². The molecule has 0 fully saturated rings. The molecule has 1 aromatic rings. The van der Waals surface area contributed by atoms with Crippen molar-refractivity contribution in [3.63, 3.8) is 0 Å². The van der Waals surface area contributed by atoms with Crippen LogP contribution in [-0.2, 0) is 0 Å². The number of nitrogens with two attached hydrogens (primary N) is 1. The van der Waals surface area contributed by atoms with E-state index in [0.29, 0.717) is 0 Å². The van der Waals surface area contributed by atoms with E-state index in [2.05, 4.69) is 20.9 Å². The van der Waals surface area contributed by atoms with E-state index in [1.54, 1.807) is 12.3 Å². The lowest BCUT2D eigenvalue weighted by Gasteiger charge is -2.13. The number of rotatable bonds is 1. The highest BCUT2D eigenvalue weighted by Crippen LogP contribution is 2.22. The monoisotopic (exact) mass is 215 g/mol. The van der Waals surface area contributed by atoms with Crippen molar-refractivity contribution in [1.29, 1.82) is 0 Å². The van der Waals surface area contributed by atoms with E-state index in [0.717, 1.165) is 16.0 Å². The Morgan fingerprint density at radius 1 is 1.55 bits per heavy atom. The quantitative estimate of drug-likeness (QED) is 0.723. The number of nitrogen functional groups attached to an aromatic ring is 1. The van der Waals surface area contributed by atoms with E-state index in [9.17, 15) is 0 Å². The van der Waals surface area contributed by atoms with Crippen LogP contribution in [0.2, 0.25) is 0 Å². The standard InChI is InChI=1S/C7H10BrN3/c1-11(2)6-4-10-7(8)3-5(6)9/h3-4H,1-2H3,(H2,9,10). The molecule has 0 amide bonds. The molecule has 0 unspecified atom stereocenters. The summed E-state index contributed by atoms with van der Waals surface area (Å²) in [6, 6.07) is 1.79. The van der Waals surface area contributed by atoms with Gasteiger partial charge in [0.1, 0.15) is 4.60 Å². The van der Waals surface area contributed by atoms with Crippen LogP contribution in [-0.4, -0.2) is 19.1 Å². The predicted molar refractivity (Wildman–Crippen MR) is 50.7 cm³/mol. The molecular weight excluding hydrogens is 206 g/mol. The molecule has 0 bridgehead atoms. The van der Waals surface area contributed by atoms with Crippen molar-refractivity contribution < 1.29 is 0 Å². The van der Waals surface area contributed by atoms with Gasteiger partial charge in [0.15, 0.2) is 0 Å². The number of hydrogen-bond acceptors (Lipinski definition) is 3. The highest BCUT2D eigenvalue weighted by Gasteiger charge is 2.01. The van der Waals surface area contributed by atoms with Crippen molar-refractivity contribution in [1.82, 2.24) is 4.98 Å². The first-order valence-corrected chi connectivity index (χ1v) is 3.99. The molecule has 0 spiro atoms. The molecule has 11 heavy (non-hydrogen) atoms. The second-order valence-electron chi connectivity index (χ2n) is 2.46. The Kier molecular flexibility index (Phi) is 2.34. The Balaban J connectivity index is 3.09. The predicted octanol–water partition coefficient (Wildman–Crippen LogP) is 1.49. The molecule has 0 radical (unpaired) electrons. The van der Waals surface area contributed by atoms with Gasteiger partial charge in [-0.1, -0.05) is 0 Å². The summed E-state index contributed by atoms with van der Waals surface area (Å²) < 4.78 is 0.764. The van der Waals surface area contributed by atoms with Gasteiger partial charge in [0.05, 0.1) is 17.6 Å². The van der Waals surface area contributed by atoms with Crippen LogP contribution in [0.4, 0.5) is 11.4 Å². The van der Waals surface area contributed by atoms with Crippen LogP contribution >= 0.6 is 15.9 Å². The molecular formula is C7H10BrN3. The third kappa shape index (κ3) is 1.83. The summed E-state index contributed by atoms with van der Waals surface area (Å²) >= 11 is 3.24. The SMILES string of the molecule is CN(C)c1cnc(Br)cc1N. The van der Waals surface area contributed by atoms with Gasteiger partial charge in [-0.3, -0.25) is 0 Å². The van der Waals surface area contributed by atoms with E-state index < -0.39 is 0 Å². The molecule has 0 aliphatic carbocycles. The zero-order chi connectivity index (χ0) is 8.43. The summed E-state index contributed by atoms with van der Waals surface area (Å²) in [4.78, 5) is 5.98. The number of hydrogen-bond donors (Lipinski definition) is 1. The number of pyridine rings is 1. The van der Waals surface area contributed by atoms with Crippen LogP contribution in [0.15, 0.2) is 16.9 Å². The first-order chi connectivity index (χ1) is 5.11. The fourth-order valence-corrected chi connectivity index (χ4v) is 1.16. The molecule has 1 aromatic heterocycles. The van der Waals surface area contributed by atoms with Gasteiger partial charge in [-0.05, 0) is 22.0 Å². The van der Waals surface area contributed by atoms with Crippen molar-refractivity contribution in [2.24, 2.45) is 0 Å². The number of aromatic nitrogens is 1. The topological polar surface area (TPSA) is 42.2 Å². The van der Waals surface area contributed by atoms with Crippen molar-refractivity contribution in [3.8, 4) is 0 Å². The van der Waals surface area contributed by atoms with Gasteiger partial charge in [-0.15, -0.1) is 0 Å². The van der Waals surface area contributed by atoms with Crippen LogP contribution < -0.4 is 10.6 Å². The molecule has 0 aromatic carbocycles.